The van der Waals surface area contributed by atoms with Crippen molar-refractivity contribution in [3.8, 4) is 0 Å². The lowest BCUT2D eigenvalue weighted by Crippen LogP contribution is -2.07. The van der Waals surface area contributed by atoms with E-state index in [0.717, 1.165) is 6.42 Å². The summed E-state index contributed by atoms with van der Waals surface area (Å²) in [6, 6.07) is 0. The molecule has 0 aliphatic heterocycles. The van der Waals surface area contributed by atoms with Crippen molar-refractivity contribution in [2.75, 3.05) is 12.5 Å². The molecule has 0 fully saturated rings. The van der Waals surface area contributed by atoms with E-state index in [-0.39, 0.29) is 6.10 Å². The van der Waals surface area contributed by atoms with Crippen LogP contribution < -0.4 is 0 Å². The molecule has 66 valence electrons. The molecule has 11 heavy (non-hydrogen) atoms. The van der Waals surface area contributed by atoms with Crippen LogP contribution in [0.2, 0.25) is 0 Å². The molecule has 2 heteroatoms. The Morgan fingerprint density at radius 2 is 2.27 bits per heavy atom. The molecular formula is C9H17ClO. The van der Waals surface area contributed by atoms with Gasteiger partial charge in [-0.1, -0.05) is 18.6 Å². The van der Waals surface area contributed by atoms with Gasteiger partial charge in [0.15, 0.2) is 0 Å². The van der Waals surface area contributed by atoms with Gasteiger partial charge < -0.3 is 4.74 Å². The second-order valence-corrected chi connectivity index (χ2v) is 3.01. The maximum absolute atomic E-state index is 5.47. The Morgan fingerprint density at radius 1 is 1.64 bits per heavy atom. The van der Waals surface area contributed by atoms with Crippen LogP contribution in [-0.2, 0) is 4.74 Å². The van der Waals surface area contributed by atoms with Crippen molar-refractivity contribution in [1.29, 1.82) is 0 Å². The zero-order chi connectivity index (χ0) is 8.69. The van der Waals surface area contributed by atoms with Crippen molar-refractivity contribution in [2.24, 2.45) is 0 Å². The number of alkyl halides is 1. The van der Waals surface area contributed by atoms with Crippen LogP contribution in [0.5, 0.6) is 0 Å². The lowest BCUT2D eigenvalue weighted by atomic mass is 10.2. The fraction of sp³-hybridized carbons (Fsp3) is 0.778. The highest BCUT2D eigenvalue weighted by molar-refractivity contribution is 6.17. The van der Waals surface area contributed by atoms with Crippen molar-refractivity contribution >= 4 is 11.6 Å². The maximum Gasteiger partial charge on any atom is 0.0730 e. The summed E-state index contributed by atoms with van der Waals surface area (Å²) in [5.74, 6) is 0.573. The van der Waals surface area contributed by atoms with Crippen LogP contribution in [0.25, 0.3) is 0 Å². The summed E-state index contributed by atoms with van der Waals surface area (Å²) in [7, 11) is 0. The summed E-state index contributed by atoms with van der Waals surface area (Å²) in [6.07, 6.45) is 3.43. The minimum absolute atomic E-state index is 0.202. The quantitative estimate of drug-likeness (QED) is 0.462. The molecule has 0 aliphatic carbocycles. The van der Waals surface area contributed by atoms with Crippen molar-refractivity contribution in [3.63, 3.8) is 0 Å². The Balaban J connectivity index is 3.57. The Kier molecular flexibility index (Phi) is 6.68. The molecule has 0 aromatic heterocycles. The largest absolute Gasteiger partial charge is 0.373 e. The molecule has 0 aromatic rings. The Bertz CT molecular complexity index is 121. The minimum atomic E-state index is 0.202. The highest BCUT2D eigenvalue weighted by Gasteiger charge is 1.96. The van der Waals surface area contributed by atoms with Crippen LogP contribution in [0.4, 0.5) is 0 Å². The van der Waals surface area contributed by atoms with Gasteiger partial charge in [0, 0.05) is 5.88 Å². The van der Waals surface area contributed by atoms with Crippen LogP contribution in [-0.4, -0.2) is 18.6 Å². The minimum Gasteiger partial charge on any atom is -0.373 e. The van der Waals surface area contributed by atoms with Crippen LogP contribution in [0.3, 0.4) is 0 Å². The number of hydrogen-bond acceptors (Lipinski definition) is 1. The van der Waals surface area contributed by atoms with E-state index in [2.05, 4.69) is 19.9 Å². The second kappa shape index (κ2) is 6.68. The third-order valence-corrected chi connectivity index (χ3v) is 1.69. The van der Waals surface area contributed by atoms with Crippen molar-refractivity contribution < 1.29 is 4.74 Å². The molecule has 0 spiro atoms. The van der Waals surface area contributed by atoms with Crippen LogP contribution in [0, 0.1) is 0 Å². The van der Waals surface area contributed by atoms with Gasteiger partial charge in [0.05, 0.1) is 12.7 Å². The number of rotatable bonds is 5. The van der Waals surface area contributed by atoms with Gasteiger partial charge in [0.2, 0.25) is 0 Å². The monoisotopic (exact) mass is 176 g/mol. The van der Waals surface area contributed by atoms with E-state index in [1.807, 2.05) is 6.92 Å². The third-order valence-electron chi connectivity index (χ3n) is 1.53. The SMILES string of the molecule is CC/C(C)=C\C(C)OCCCl. The Hall–Kier alpha value is -0.0100. The maximum atomic E-state index is 5.47. The summed E-state index contributed by atoms with van der Waals surface area (Å²) < 4.78 is 5.36. The summed E-state index contributed by atoms with van der Waals surface area (Å²) >= 11 is 5.47. The Labute approximate surface area is 74.4 Å². The standard InChI is InChI=1S/C9H17ClO/c1-4-8(2)7-9(3)11-6-5-10/h7,9H,4-6H2,1-3H3/b8-7-. The predicted octanol–water partition coefficient (Wildman–Crippen LogP) is 2.99. The molecule has 0 radical (unpaired) electrons. The molecular weight excluding hydrogens is 160 g/mol. The molecule has 1 atom stereocenters. The lowest BCUT2D eigenvalue weighted by molar-refractivity contribution is 0.110. The van der Waals surface area contributed by atoms with Crippen molar-refractivity contribution in [3.05, 3.63) is 11.6 Å². The molecule has 0 saturated carbocycles. The average Bonchev–Trinajstić information content (AvgIpc) is 2.00. The normalized spacial score (nSPS) is 15.1. The van der Waals surface area contributed by atoms with Gasteiger partial charge in [0.1, 0.15) is 0 Å². The smallest absolute Gasteiger partial charge is 0.0730 e. The zero-order valence-corrected chi connectivity index (χ0v) is 8.32. The summed E-state index contributed by atoms with van der Waals surface area (Å²) in [6.45, 7) is 6.92. The van der Waals surface area contributed by atoms with Gasteiger partial charge in [-0.05, 0) is 20.3 Å². The van der Waals surface area contributed by atoms with Gasteiger partial charge in [0.25, 0.3) is 0 Å². The molecule has 0 heterocycles. The third kappa shape index (κ3) is 6.39. The van der Waals surface area contributed by atoms with E-state index in [1.165, 1.54) is 5.57 Å². The van der Waals surface area contributed by atoms with E-state index >= 15 is 0 Å². The van der Waals surface area contributed by atoms with Crippen molar-refractivity contribution in [2.45, 2.75) is 33.3 Å². The van der Waals surface area contributed by atoms with Crippen molar-refractivity contribution in [1.82, 2.24) is 0 Å². The number of ether oxygens (including phenoxy) is 1. The first-order chi connectivity index (χ1) is 5.20. The number of halogens is 1. The highest BCUT2D eigenvalue weighted by Crippen LogP contribution is 2.02. The first-order valence-electron chi connectivity index (χ1n) is 4.05. The van der Waals surface area contributed by atoms with Gasteiger partial charge >= 0.3 is 0 Å². The van der Waals surface area contributed by atoms with E-state index < -0.39 is 0 Å². The molecule has 1 unspecified atom stereocenters. The number of hydrogen-bond donors (Lipinski definition) is 0. The topological polar surface area (TPSA) is 9.23 Å². The van der Waals surface area contributed by atoms with Crippen LogP contribution in [0.1, 0.15) is 27.2 Å². The van der Waals surface area contributed by atoms with Gasteiger partial charge in [-0.25, -0.2) is 0 Å². The zero-order valence-electron chi connectivity index (χ0n) is 7.56. The fourth-order valence-corrected chi connectivity index (χ4v) is 0.886. The second-order valence-electron chi connectivity index (χ2n) is 2.63. The molecule has 0 aromatic carbocycles. The van der Waals surface area contributed by atoms with E-state index in [4.69, 9.17) is 16.3 Å². The molecule has 0 amide bonds. The lowest BCUT2D eigenvalue weighted by Gasteiger charge is -2.07. The van der Waals surface area contributed by atoms with Crippen LogP contribution >= 0.6 is 11.6 Å². The molecule has 0 bridgehead atoms. The molecule has 0 rings (SSSR count). The molecule has 1 nitrogen and oxygen atoms in total. The van der Waals surface area contributed by atoms with Gasteiger partial charge in [-0.2, -0.15) is 0 Å². The molecule has 0 aliphatic rings. The van der Waals surface area contributed by atoms with Gasteiger partial charge in [-0.3, -0.25) is 0 Å². The molecule has 0 saturated heterocycles. The summed E-state index contributed by atoms with van der Waals surface area (Å²) in [5.41, 5.74) is 1.37. The van der Waals surface area contributed by atoms with E-state index in [1.54, 1.807) is 0 Å². The first-order valence-corrected chi connectivity index (χ1v) is 4.59. The van der Waals surface area contributed by atoms with Crippen LogP contribution in [0.15, 0.2) is 11.6 Å². The average molecular weight is 177 g/mol. The number of allylic oxidation sites excluding steroid dienone is 1. The Morgan fingerprint density at radius 3 is 2.73 bits per heavy atom. The fourth-order valence-electron chi connectivity index (χ4n) is 0.797. The van der Waals surface area contributed by atoms with E-state index in [0.29, 0.717) is 12.5 Å². The molecule has 0 N–H and O–H groups in total. The predicted molar refractivity (Wildman–Crippen MR) is 50.2 cm³/mol. The highest BCUT2D eigenvalue weighted by atomic mass is 35.5. The van der Waals surface area contributed by atoms with Gasteiger partial charge in [-0.15, -0.1) is 11.6 Å². The van der Waals surface area contributed by atoms with E-state index in [9.17, 15) is 0 Å². The first kappa shape index (κ1) is 11.0. The summed E-state index contributed by atoms with van der Waals surface area (Å²) in [4.78, 5) is 0. The summed E-state index contributed by atoms with van der Waals surface area (Å²) in [5, 5.41) is 0.